The standard InChI is InChI=1S/C22H30F3NO/c1-2-15-14-17(22(23,24)25)12-13-19(15)21(27)26-20-11-7-6-10-18(20)16-8-4-3-5-9-16/h12-14,16,18,20H,2-11H2,1H3,(H,26,27)/t18-,20-/m0/s1. The maximum atomic E-state index is 13.0. The van der Waals surface area contributed by atoms with Gasteiger partial charge < -0.3 is 5.32 Å². The van der Waals surface area contributed by atoms with Gasteiger partial charge in [0.2, 0.25) is 0 Å². The molecule has 0 spiro atoms. The van der Waals surface area contributed by atoms with E-state index in [-0.39, 0.29) is 11.9 Å². The van der Waals surface area contributed by atoms with E-state index < -0.39 is 11.7 Å². The van der Waals surface area contributed by atoms with Gasteiger partial charge in [-0.3, -0.25) is 4.79 Å². The number of nitrogens with one attached hydrogen (secondary N) is 1. The molecule has 1 aromatic rings. The van der Waals surface area contributed by atoms with Gasteiger partial charge in [0.25, 0.3) is 5.91 Å². The Hall–Kier alpha value is -1.52. The number of hydrogen-bond acceptors (Lipinski definition) is 1. The summed E-state index contributed by atoms with van der Waals surface area (Å²) in [5, 5.41) is 3.20. The number of alkyl halides is 3. The van der Waals surface area contributed by atoms with Crippen LogP contribution in [-0.4, -0.2) is 11.9 Å². The lowest BCUT2D eigenvalue weighted by atomic mass is 9.71. The van der Waals surface area contributed by atoms with Crippen molar-refractivity contribution in [1.82, 2.24) is 5.32 Å². The summed E-state index contributed by atoms with van der Waals surface area (Å²) in [7, 11) is 0. The summed E-state index contributed by atoms with van der Waals surface area (Å²) >= 11 is 0. The Kier molecular flexibility index (Phi) is 6.48. The Morgan fingerprint density at radius 3 is 2.37 bits per heavy atom. The average molecular weight is 381 g/mol. The number of rotatable bonds is 4. The van der Waals surface area contributed by atoms with E-state index in [1.807, 2.05) is 0 Å². The van der Waals surface area contributed by atoms with Crippen molar-refractivity contribution in [2.75, 3.05) is 0 Å². The highest BCUT2D eigenvalue weighted by Gasteiger charge is 2.34. The van der Waals surface area contributed by atoms with Crippen LogP contribution in [0.4, 0.5) is 13.2 Å². The van der Waals surface area contributed by atoms with Gasteiger partial charge in [0.15, 0.2) is 0 Å². The third-order valence-corrected chi connectivity index (χ3v) is 6.45. The summed E-state index contributed by atoms with van der Waals surface area (Å²) in [5.74, 6) is 0.985. The molecule has 2 aliphatic rings. The van der Waals surface area contributed by atoms with E-state index in [0.717, 1.165) is 31.4 Å². The van der Waals surface area contributed by atoms with E-state index in [2.05, 4.69) is 5.32 Å². The molecular weight excluding hydrogens is 351 g/mol. The van der Waals surface area contributed by atoms with Crippen LogP contribution in [0.15, 0.2) is 18.2 Å². The van der Waals surface area contributed by atoms with E-state index in [9.17, 15) is 18.0 Å². The van der Waals surface area contributed by atoms with Gasteiger partial charge >= 0.3 is 6.18 Å². The van der Waals surface area contributed by atoms with Crippen LogP contribution >= 0.6 is 0 Å². The molecule has 0 aliphatic heterocycles. The SMILES string of the molecule is CCc1cc(C(F)(F)F)ccc1C(=O)N[C@H]1CCCC[C@H]1C1CCCCC1. The molecule has 3 rings (SSSR count). The van der Waals surface area contributed by atoms with Crippen molar-refractivity contribution in [2.24, 2.45) is 11.8 Å². The van der Waals surface area contributed by atoms with Gasteiger partial charge in [-0.05, 0) is 54.9 Å². The first kappa shape index (κ1) is 20.2. The fraction of sp³-hybridized carbons (Fsp3) is 0.682. The second-order valence-electron chi connectivity index (χ2n) is 8.15. The molecule has 2 atom stereocenters. The quantitative estimate of drug-likeness (QED) is 0.667. The third kappa shape index (κ3) is 4.85. The van der Waals surface area contributed by atoms with Crippen LogP contribution in [0, 0.1) is 11.8 Å². The van der Waals surface area contributed by atoms with Gasteiger partial charge in [-0.1, -0.05) is 51.9 Å². The zero-order valence-corrected chi connectivity index (χ0v) is 16.1. The Bertz CT molecular complexity index is 649. The largest absolute Gasteiger partial charge is 0.416 e. The number of hydrogen-bond donors (Lipinski definition) is 1. The van der Waals surface area contributed by atoms with Crippen LogP contribution in [-0.2, 0) is 12.6 Å². The van der Waals surface area contributed by atoms with Gasteiger partial charge in [0.1, 0.15) is 0 Å². The molecule has 2 saturated carbocycles. The van der Waals surface area contributed by atoms with Crippen molar-refractivity contribution < 1.29 is 18.0 Å². The van der Waals surface area contributed by atoms with Crippen LogP contribution in [0.1, 0.15) is 86.2 Å². The zero-order valence-electron chi connectivity index (χ0n) is 16.1. The molecule has 0 heterocycles. The van der Waals surface area contributed by atoms with E-state index in [1.54, 1.807) is 6.92 Å². The van der Waals surface area contributed by atoms with Crippen LogP contribution in [0.2, 0.25) is 0 Å². The second-order valence-corrected chi connectivity index (χ2v) is 8.15. The predicted octanol–water partition coefficient (Wildman–Crippen LogP) is 6.14. The lowest BCUT2D eigenvalue weighted by Gasteiger charge is -2.39. The molecule has 0 saturated heterocycles. The maximum Gasteiger partial charge on any atom is 0.416 e. The van der Waals surface area contributed by atoms with Gasteiger partial charge in [0.05, 0.1) is 5.56 Å². The highest BCUT2D eigenvalue weighted by molar-refractivity contribution is 5.96. The van der Waals surface area contributed by atoms with Gasteiger partial charge in [-0.2, -0.15) is 13.2 Å². The zero-order chi connectivity index (χ0) is 19.4. The highest BCUT2D eigenvalue weighted by Crippen LogP contribution is 2.38. The summed E-state index contributed by atoms with van der Waals surface area (Å²) in [5.41, 5.74) is 0.166. The van der Waals surface area contributed by atoms with Crippen LogP contribution in [0.5, 0.6) is 0 Å². The molecule has 1 aromatic carbocycles. The van der Waals surface area contributed by atoms with Crippen LogP contribution in [0.25, 0.3) is 0 Å². The number of aryl methyl sites for hydroxylation is 1. The first-order valence-corrected chi connectivity index (χ1v) is 10.4. The third-order valence-electron chi connectivity index (χ3n) is 6.45. The Morgan fingerprint density at radius 2 is 1.70 bits per heavy atom. The summed E-state index contributed by atoms with van der Waals surface area (Å²) < 4.78 is 38.9. The van der Waals surface area contributed by atoms with Gasteiger partial charge in [-0.25, -0.2) is 0 Å². The fourth-order valence-electron chi connectivity index (χ4n) is 5.00. The lowest BCUT2D eigenvalue weighted by Crippen LogP contribution is -2.45. The fourth-order valence-corrected chi connectivity index (χ4v) is 5.00. The van der Waals surface area contributed by atoms with Gasteiger partial charge in [0, 0.05) is 11.6 Å². The highest BCUT2D eigenvalue weighted by atomic mass is 19.4. The minimum Gasteiger partial charge on any atom is -0.349 e. The number of benzene rings is 1. The molecule has 150 valence electrons. The molecule has 2 fully saturated rings. The minimum absolute atomic E-state index is 0.154. The summed E-state index contributed by atoms with van der Waals surface area (Å²) in [4.78, 5) is 12.9. The monoisotopic (exact) mass is 381 g/mol. The predicted molar refractivity (Wildman–Crippen MR) is 101 cm³/mol. The second kappa shape index (κ2) is 8.66. The topological polar surface area (TPSA) is 29.1 Å². The lowest BCUT2D eigenvalue weighted by molar-refractivity contribution is -0.137. The van der Waals surface area contributed by atoms with Crippen molar-refractivity contribution in [2.45, 2.75) is 83.4 Å². The smallest absolute Gasteiger partial charge is 0.349 e. The first-order chi connectivity index (χ1) is 12.9. The molecule has 5 heteroatoms. The van der Waals surface area contributed by atoms with Crippen molar-refractivity contribution >= 4 is 5.91 Å². The molecular formula is C22H30F3NO. The number of halogens is 3. The number of carbonyl (C=O) groups excluding carboxylic acids is 1. The normalized spacial score (nSPS) is 24.6. The van der Waals surface area contributed by atoms with E-state index in [1.165, 1.54) is 44.6 Å². The molecule has 27 heavy (non-hydrogen) atoms. The van der Waals surface area contributed by atoms with E-state index in [0.29, 0.717) is 29.4 Å². The molecule has 0 bridgehead atoms. The van der Waals surface area contributed by atoms with Crippen LogP contribution in [0.3, 0.4) is 0 Å². The molecule has 1 N–H and O–H groups in total. The molecule has 0 radical (unpaired) electrons. The molecule has 1 amide bonds. The molecule has 0 unspecified atom stereocenters. The van der Waals surface area contributed by atoms with E-state index in [4.69, 9.17) is 0 Å². The summed E-state index contributed by atoms with van der Waals surface area (Å²) in [6, 6.07) is 3.64. The van der Waals surface area contributed by atoms with Gasteiger partial charge in [-0.15, -0.1) is 0 Å². The number of carbonyl (C=O) groups is 1. The molecule has 0 aromatic heterocycles. The molecule has 2 aliphatic carbocycles. The Labute approximate surface area is 159 Å². The Morgan fingerprint density at radius 1 is 1.04 bits per heavy atom. The van der Waals surface area contributed by atoms with Crippen molar-refractivity contribution in [1.29, 1.82) is 0 Å². The first-order valence-electron chi connectivity index (χ1n) is 10.4. The Balaban J connectivity index is 1.75. The van der Waals surface area contributed by atoms with Crippen molar-refractivity contribution in [3.8, 4) is 0 Å². The average Bonchev–Trinajstić information content (AvgIpc) is 2.68. The van der Waals surface area contributed by atoms with Crippen molar-refractivity contribution in [3.63, 3.8) is 0 Å². The summed E-state index contributed by atoms with van der Waals surface area (Å²) in [6.07, 6.45) is 6.86. The van der Waals surface area contributed by atoms with Crippen molar-refractivity contribution in [3.05, 3.63) is 34.9 Å². The van der Waals surface area contributed by atoms with E-state index >= 15 is 0 Å². The minimum atomic E-state index is -4.38. The maximum absolute atomic E-state index is 13.0. The number of amides is 1. The van der Waals surface area contributed by atoms with Crippen LogP contribution < -0.4 is 5.32 Å². The molecule has 2 nitrogen and oxygen atoms in total. The summed E-state index contributed by atoms with van der Waals surface area (Å²) in [6.45, 7) is 1.79.